The van der Waals surface area contributed by atoms with Gasteiger partial charge in [-0.3, -0.25) is 4.72 Å². The van der Waals surface area contributed by atoms with Gasteiger partial charge in [-0.2, -0.15) is 4.98 Å². The van der Waals surface area contributed by atoms with Gasteiger partial charge in [0.25, 0.3) is 0 Å². The molecule has 0 unspecified atom stereocenters. The molecule has 1 heterocycles. The minimum Gasteiger partial charge on any atom is -0.339 e. The summed E-state index contributed by atoms with van der Waals surface area (Å²) < 4.78 is 26.9. The van der Waals surface area contributed by atoms with Crippen molar-refractivity contribution in [3.8, 4) is 0 Å². The molecule has 0 saturated carbocycles. The molecule has 0 aliphatic carbocycles. The lowest BCUT2D eigenvalue weighted by Gasteiger charge is -2.21. The van der Waals surface area contributed by atoms with Crippen molar-refractivity contribution in [1.82, 2.24) is 9.97 Å². The summed E-state index contributed by atoms with van der Waals surface area (Å²) >= 11 is 14.0. The first-order chi connectivity index (χ1) is 11.0. The van der Waals surface area contributed by atoms with Gasteiger partial charge in [-0.1, -0.05) is 11.6 Å². The minimum atomic E-state index is -3.59. The molecule has 2 rings (SSSR count). The second-order valence-electron chi connectivity index (χ2n) is 5.87. The van der Waals surface area contributed by atoms with E-state index < -0.39 is 14.8 Å². The number of rotatable bonds is 4. The predicted octanol–water partition coefficient (Wildman–Crippen LogP) is 4.67. The van der Waals surface area contributed by atoms with Gasteiger partial charge in [0, 0.05) is 11.9 Å². The molecule has 0 atom stereocenters. The fraction of sp³-hybridized carbons (Fsp3) is 0.286. The van der Waals surface area contributed by atoms with Crippen molar-refractivity contribution in [2.45, 2.75) is 25.5 Å². The van der Waals surface area contributed by atoms with Crippen molar-refractivity contribution in [2.75, 3.05) is 10.0 Å². The van der Waals surface area contributed by atoms with Crippen molar-refractivity contribution in [3.63, 3.8) is 0 Å². The fourth-order valence-corrected chi connectivity index (χ4v) is 3.06. The number of nitrogens with one attached hydrogen (secondary N) is 2. The first kappa shape index (κ1) is 19.5. The average Bonchev–Trinajstić information content (AvgIpc) is 2.45. The molecular formula is C14H15Cl2IN4O2S. The maximum Gasteiger partial charge on any atom is 0.237 e. The molecule has 2 aromatic rings. The van der Waals surface area contributed by atoms with Crippen LogP contribution in [-0.4, -0.2) is 23.1 Å². The molecule has 10 heteroatoms. The highest BCUT2D eigenvalue weighted by atomic mass is 127. The Balaban J connectivity index is 2.34. The highest BCUT2D eigenvalue weighted by Gasteiger charge is 2.29. The normalized spacial score (nSPS) is 12.1. The van der Waals surface area contributed by atoms with E-state index in [1.807, 2.05) is 0 Å². The molecule has 0 fully saturated rings. The second-order valence-corrected chi connectivity index (χ2v) is 10.2. The molecule has 6 nitrogen and oxygen atoms in total. The Labute approximate surface area is 164 Å². The molecule has 0 aliphatic rings. The largest absolute Gasteiger partial charge is 0.339 e. The van der Waals surface area contributed by atoms with Crippen LogP contribution >= 0.6 is 45.8 Å². The van der Waals surface area contributed by atoms with Crippen LogP contribution in [0.1, 0.15) is 20.8 Å². The monoisotopic (exact) mass is 500 g/mol. The van der Waals surface area contributed by atoms with E-state index in [2.05, 4.69) is 42.6 Å². The van der Waals surface area contributed by atoms with Crippen LogP contribution in [0.4, 0.5) is 17.2 Å². The maximum atomic E-state index is 12.3. The maximum absolute atomic E-state index is 12.3. The third-order valence-electron chi connectivity index (χ3n) is 2.99. The van der Waals surface area contributed by atoms with Crippen LogP contribution in [0.3, 0.4) is 0 Å². The molecule has 1 aromatic heterocycles. The van der Waals surface area contributed by atoms with Crippen LogP contribution in [-0.2, 0) is 10.0 Å². The SMILES string of the molecule is CC(C)(C)S(=O)(=O)Nc1cc(Nc2nc(Cl)ncc2I)ccc1Cl. The third-order valence-corrected chi connectivity index (χ3v) is 6.40. The predicted molar refractivity (Wildman–Crippen MR) is 107 cm³/mol. The third kappa shape index (κ3) is 4.62. The number of anilines is 3. The van der Waals surface area contributed by atoms with Crippen molar-refractivity contribution in [2.24, 2.45) is 0 Å². The molecule has 0 amide bonds. The summed E-state index contributed by atoms with van der Waals surface area (Å²) in [6.45, 7) is 4.82. The molecule has 2 N–H and O–H groups in total. The van der Waals surface area contributed by atoms with E-state index >= 15 is 0 Å². The first-order valence-corrected chi connectivity index (χ1v) is 10.1. The second kappa shape index (κ2) is 7.19. The average molecular weight is 501 g/mol. The van der Waals surface area contributed by atoms with E-state index in [-0.39, 0.29) is 11.0 Å². The zero-order valence-corrected chi connectivity index (χ0v) is 17.5. The fourth-order valence-electron chi connectivity index (χ4n) is 1.55. The molecule has 1 aromatic carbocycles. The first-order valence-electron chi connectivity index (χ1n) is 6.76. The van der Waals surface area contributed by atoms with E-state index in [1.165, 1.54) is 0 Å². The number of halogens is 3. The standard InChI is InChI=1S/C14H15Cl2IN4O2S/c1-14(2,3)24(22,23)21-11-6-8(4-5-9(11)15)19-12-10(17)7-18-13(16)20-12/h4-7,21H,1-3H3,(H,18,19,20). The summed E-state index contributed by atoms with van der Waals surface area (Å²) in [6.07, 6.45) is 1.58. The Kier molecular flexibility index (Phi) is 5.83. The number of hydrogen-bond donors (Lipinski definition) is 2. The Bertz CT molecular complexity index is 870. The number of benzene rings is 1. The summed E-state index contributed by atoms with van der Waals surface area (Å²) in [5.74, 6) is 0.516. The van der Waals surface area contributed by atoms with E-state index in [9.17, 15) is 8.42 Å². The zero-order chi connectivity index (χ0) is 18.1. The van der Waals surface area contributed by atoms with Crippen LogP contribution < -0.4 is 10.0 Å². The zero-order valence-electron chi connectivity index (χ0n) is 13.1. The Morgan fingerprint density at radius 3 is 2.50 bits per heavy atom. The molecular weight excluding hydrogens is 486 g/mol. The molecule has 0 radical (unpaired) electrons. The van der Waals surface area contributed by atoms with Gasteiger partial charge < -0.3 is 5.32 Å². The van der Waals surface area contributed by atoms with E-state index in [4.69, 9.17) is 23.2 Å². The van der Waals surface area contributed by atoms with Crippen LogP contribution in [0.25, 0.3) is 0 Å². The van der Waals surface area contributed by atoms with Gasteiger partial charge in [-0.25, -0.2) is 13.4 Å². The summed E-state index contributed by atoms with van der Waals surface area (Å²) in [5, 5.41) is 3.48. The Morgan fingerprint density at radius 1 is 1.21 bits per heavy atom. The van der Waals surface area contributed by atoms with Gasteiger partial charge >= 0.3 is 0 Å². The molecule has 24 heavy (non-hydrogen) atoms. The van der Waals surface area contributed by atoms with Gasteiger partial charge in [-0.05, 0) is 73.2 Å². The van der Waals surface area contributed by atoms with Crippen molar-refractivity contribution in [3.05, 3.63) is 38.3 Å². The highest BCUT2D eigenvalue weighted by molar-refractivity contribution is 14.1. The minimum absolute atomic E-state index is 0.112. The lowest BCUT2D eigenvalue weighted by Crippen LogP contribution is -2.33. The van der Waals surface area contributed by atoms with Crippen LogP contribution in [0.2, 0.25) is 10.3 Å². The van der Waals surface area contributed by atoms with Gasteiger partial charge in [0.1, 0.15) is 5.82 Å². The summed E-state index contributed by atoms with van der Waals surface area (Å²) in [6, 6.07) is 4.90. The lowest BCUT2D eigenvalue weighted by atomic mass is 10.3. The van der Waals surface area contributed by atoms with Gasteiger partial charge in [0.15, 0.2) is 0 Å². The highest BCUT2D eigenvalue weighted by Crippen LogP contribution is 2.30. The summed E-state index contributed by atoms with van der Waals surface area (Å²) in [4.78, 5) is 7.98. The van der Waals surface area contributed by atoms with Crippen molar-refractivity contribution in [1.29, 1.82) is 0 Å². The molecule has 130 valence electrons. The lowest BCUT2D eigenvalue weighted by molar-refractivity contribution is 0.566. The van der Waals surface area contributed by atoms with E-state index in [0.29, 0.717) is 16.5 Å². The number of hydrogen-bond acceptors (Lipinski definition) is 5. The molecule has 0 aliphatic heterocycles. The number of nitrogens with zero attached hydrogens (tertiary/aromatic N) is 2. The Morgan fingerprint density at radius 2 is 1.88 bits per heavy atom. The van der Waals surface area contributed by atoms with Gasteiger partial charge in [0.05, 0.1) is 19.0 Å². The number of sulfonamides is 1. The molecule has 0 spiro atoms. The van der Waals surface area contributed by atoms with Crippen LogP contribution in [0.15, 0.2) is 24.4 Å². The number of aromatic nitrogens is 2. The quantitative estimate of drug-likeness (QED) is 0.470. The summed E-state index contributed by atoms with van der Waals surface area (Å²) in [5.41, 5.74) is 0.894. The van der Waals surface area contributed by atoms with Gasteiger partial charge in [-0.15, -0.1) is 0 Å². The van der Waals surface area contributed by atoms with Crippen LogP contribution in [0.5, 0.6) is 0 Å². The Hall–Kier alpha value is -0.840. The summed E-state index contributed by atoms with van der Waals surface area (Å²) in [7, 11) is -3.59. The molecule has 0 saturated heterocycles. The topological polar surface area (TPSA) is 84.0 Å². The van der Waals surface area contributed by atoms with E-state index in [1.54, 1.807) is 45.2 Å². The van der Waals surface area contributed by atoms with E-state index in [0.717, 1.165) is 3.57 Å². The van der Waals surface area contributed by atoms with Gasteiger partial charge in [0.2, 0.25) is 15.3 Å². The van der Waals surface area contributed by atoms with Crippen molar-refractivity contribution >= 4 is 73.0 Å². The van der Waals surface area contributed by atoms with Crippen LogP contribution in [0, 0.1) is 3.57 Å². The van der Waals surface area contributed by atoms with Crippen molar-refractivity contribution < 1.29 is 8.42 Å². The smallest absolute Gasteiger partial charge is 0.237 e. The molecule has 0 bridgehead atoms.